The monoisotopic (exact) mass is 580 g/mol. The van der Waals surface area contributed by atoms with Crippen LogP contribution >= 0.6 is 22.7 Å². The number of rotatable bonds is 7. The van der Waals surface area contributed by atoms with Crippen molar-refractivity contribution in [2.24, 2.45) is 4.99 Å². The van der Waals surface area contributed by atoms with E-state index < -0.39 is 12.0 Å². The number of nitrogens with zero attached hydrogens (tertiary/aromatic N) is 2. The van der Waals surface area contributed by atoms with E-state index in [1.54, 1.807) is 11.5 Å². The van der Waals surface area contributed by atoms with E-state index in [9.17, 15) is 9.59 Å². The third-order valence-corrected chi connectivity index (χ3v) is 8.66. The van der Waals surface area contributed by atoms with E-state index in [4.69, 9.17) is 14.5 Å². The lowest BCUT2D eigenvalue weighted by molar-refractivity contribution is -0.138. The molecule has 41 heavy (non-hydrogen) atoms. The topological polar surface area (TPSA) is 69.9 Å². The SMILES string of the molecule is CCOC(=O)C1=C(c2ccccc2)N=c2s/c(=C/c3c(OC(C)C)ccc4ccccc34)c(=O)n2[C@H]1c1cccs1. The van der Waals surface area contributed by atoms with Crippen molar-refractivity contribution in [2.45, 2.75) is 32.9 Å². The number of aromatic nitrogens is 1. The number of thiophene rings is 1. The van der Waals surface area contributed by atoms with Gasteiger partial charge in [-0.05, 0) is 55.1 Å². The minimum atomic E-state index is -0.665. The Bertz CT molecular complexity index is 1950. The van der Waals surface area contributed by atoms with Gasteiger partial charge in [0.15, 0.2) is 4.80 Å². The molecule has 0 unspecified atom stereocenters. The summed E-state index contributed by atoms with van der Waals surface area (Å²) in [7, 11) is 0. The van der Waals surface area contributed by atoms with Gasteiger partial charge in [0.2, 0.25) is 0 Å². The van der Waals surface area contributed by atoms with Crippen molar-refractivity contribution in [1.82, 2.24) is 4.57 Å². The number of hydrogen-bond donors (Lipinski definition) is 0. The van der Waals surface area contributed by atoms with Crippen LogP contribution in [-0.2, 0) is 9.53 Å². The van der Waals surface area contributed by atoms with Gasteiger partial charge in [-0.15, -0.1) is 11.3 Å². The minimum Gasteiger partial charge on any atom is -0.490 e. The Labute approximate surface area is 245 Å². The van der Waals surface area contributed by atoms with E-state index in [1.165, 1.54) is 22.7 Å². The van der Waals surface area contributed by atoms with Crippen LogP contribution in [0.3, 0.4) is 0 Å². The minimum absolute atomic E-state index is 0.0380. The Kier molecular flexibility index (Phi) is 7.43. The average molecular weight is 581 g/mol. The largest absolute Gasteiger partial charge is 0.490 e. The zero-order chi connectivity index (χ0) is 28.5. The van der Waals surface area contributed by atoms with Crippen LogP contribution in [0.25, 0.3) is 22.5 Å². The molecule has 1 atom stereocenters. The molecule has 5 aromatic rings. The van der Waals surface area contributed by atoms with Crippen molar-refractivity contribution in [3.63, 3.8) is 0 Å². The van der Waals surface area contributed by atoms with Crippen molar-refractivity contribution in [3.05, 3.63) is 126 Å². The smallest absolute Gasteiger partial charge is 0.338 e. The normalized spacial score (nSPS) is 15.2. The van der Waals surface area contributed by atoms with E-state index in [0.717, 1.165) is 26.8 Å². The zero-order valence-corrected chi connectivity index (χ0v) is 24.5. The Hall–Kier alpha value is -4.27. The second-order valence-electron chi connectivity index (χ2n) is 9.81. The molecule has 8 heteroatoms. The van der Waals surface area contributed by atoms with E-state index in [1.807, 2.05) is 104 Å². The van der Waals surface area contributed by atoms with Crippen LogP contribution in [-0.4, -0.2) is 23.2 Å². The van der Waals surface area contributed by atoms with Crippen LogP contribution in [0.5, 0.6) is 5.75 Å². The summed E-state index contributed by atoms with van der Waals surface area (Å²) in [4.78, 5) is 34.1. The number of fused-ring (bicyclic) bond motifs is 2. The summed E-state index contributed by atoms with van der Waals surface area (Å²) >= 11 is 2.80. The number of carbonyl (C=O) groups excluding carboxylic acids is 1. The number of hydrogen-bond acceptors (Lipinski definition) is 7. The Morgan fingerprint density at radius 3 is 2.54 bits per heavy atom. The molecule has 3 heterocycles. The fourth-order valence-electron chi connectivity index (χ4n) is 5.07. The molecule has 2 aromatic heterocycles. The molecule has 1 aliphatic heterocycles. The molecule has 6 nitrogen and oxygen atoms in total. The van der Waals surface area contributed by atoms with Crippen molar-refractivity contribution in [2.75, 3.05) is 6.61 Å². The molecule has 206 valence electrons. The molecule has 0 amide bonds. The summed E-state index contributed by atoms with van der Waals surface area (Å²) in [6.45, 7) is 5.95. The highest BCUT2D eigenvalue weighted by Gasteiger charge is 2.35. The van der Waals surface area contributed by atoms with Gasteiger partial charge in [0.1, 0.15) is 11.8 Å². The summed E-state index contributed by atoms with van der Waals surface area (Å²) in [5.74, 6) is 0.223. The summed E-state index contributed by atoms with van der Waals surface area (Å²) in [6.07, 6.45) is 1.86. The highest BCUT2D eigenvalue weighted by atomic mass is 32.1. The van der Waals surface area contributed by atoms with Crippen molar-refractivity contribution in [1.29, 1.82) is 0 Å². The van der Waals surface area contributed by atoms with Crippen LogP contribution in [0.4, 0.5) is 0 Å². The lowest BCUT2D eigenvalue weighted by Crippen LogP contribution is -2.39. The summed E-state index contributed by atoms with van der Waals surface area (Å²) in [5, 5.41) is 3.99. The number of carbonyl (C=O) groups is 1. The van der Waals surface area contributed by atoms with E-state index in [2.05, 4.69) is 0 Å². The van der Waals surface area contributed by atoms with Crippen LogP contribution in [0.2, 0.25) is 0 Å². The third kappa shape index (κ3) is 5.05. The predicted molar refractivity (Wildman–Crippen MR) is 165 cm³/mol. The first-order valence-electron chi connectivity index (χ1n) is 13.5. The highest BCUT2D eigenvalue weighted by Crippen LogP contribution is 2.37. The van der Waals surface area contributed by atoms with Crippen LogP contribution in [0.15, 0.2) is 99.6 Å². The number of ether oxygens (including phenoxy) is 2. The Morgan fingerprint density at radius 1 is 1.02 bits per heavy atom. The van der Waals surface area contributed by atoms with Gasteiger partial charge in [0.05, 0.1) is 28.5 Å². The van der Waals surface area contributed by atoms with Gasteiger partial charge in [-0.1, -0.05) is 78.1 Å². The Morgan fingerprint density at radius 2 is 1.80 bits per heavy atom. The summed E-state index contributed by atoms with van der Waals surface area (Å²) in [5.41, 5.74) is 2.28. The molecular formula is C33H28N2O4S2. The van der Waals surface area contributed by atoms with Crippen LogP contribution < -0.4 is 19.6 Å². The fraction of sp³-hybridized carbons (Fsp3) is 0.182. The maximum Gasteiger partial charge on any atom is 0.338 e. The van der Waals surface area contributed by atoms with Gasteiger partial charge >= 0.3 is 5.97 Å². The molecule has 0 spiro atoms. The average Bonchev–Trinajstić information content (AvgIpc) is 3.62. The molecular weight excluding hydrogens is 553 g/mol. The molecule has 0 bridgehead atoms. The van der Waals surface area contributed by atoms with Gasteiger partial charge in [0.25, 0.3) is 5.56 Å². The van der Waals surface area contributed by atoms with Crippen LogP contribution in [0, 0.1) is 0 Å². The van der Waals surface area contributed by atoms with Gasteiger partial charge in [-0.25, -0.2) is 9.79 Å². The third-order valence-electron chi connectivity index (χ3n) is 6.76. The maximum absolute atomic E-state index is 14.2. The molecule has 0 fully saturated rings. The Balaban J connectivity index is 1.65. The van der Waals surface area contributed by atoms with Gasteiger partial charge in [-0.2, -0.15) is 0 Å². The number of benzene rings is 3. The standard InChI is InChI=1S/C33H28N2O4S2/c1-4-38-32(37)28-29(22-12-6-5-7-13-22)34-33-35(30(28)26-15-10-18-40-26)31(36)27(41-33)19-24-23-14-9-8-11-21(23)16-17-25(24)39-20(2)3/h5-20,30H,4H2,1-3H3/b27-19+/t30-/m0/s1. The van der Waals surface area contributed by atoms with Gasteiger partial charge in [-0.3, -0.25) is 9.36 Å². The molecule has 0 N–H and O–H groups in total. The molecule has 0 saturated carbocycles. The highest BCUT2D eigenvalue weighted by molar-refractivity contribution is 7.10. The van der Waals surface area contributed by atoms with Crippen molar-refractivity contribution < 1.29 is 14.3 Å². The van der Waals surface area contributed by atoms with Crippen molar-refractivity contribution in [3.8, 4) is 5.75 Å². The fourth-order valence-corrected chi connectivity index (χ4v) is 6.87. The van der Waals surface area contributed by atoms with Crippen LogP contribution in [0.1, 0.15) is 42.8 Å². The zero-order valence-electron chi connectivity index (χ0n) is 22.9. The molecule has 0 radical (unpaired) electrons. The maximum atomic E-state index is 14.2. The molecule has 0 saturated heterocycles. The second kappa shape index (κ2) is 11.3. The second-order valence-corrected chi connectivity index (χ2v) is 11.8. The quantitative estimate of drug-likeness (QED) is 0.224. The molecule has 6 rings (SSSR count). The molecule has 0 aliphatic carbocycles. The first-order chi connectivity index (χ1) is 20.0. The summed E-state index contributed by atoms with van der Waals surface area (Å²) < 4.78 is 13.8. The first-order valence-corrected chi connectivity index (χ1v) is 15.2. The number of thiazole rings is 1. The van der Waals surface area contributed by atoms with E-state index in [0.29, 0.717) is 26.4 Å². The summed E-state index contributed by atoms with van der Waals surface area (Å²) in [6, 6.07) is 24.8. The lowest BCUT2D eigenvalue weighted by Gasteiger charge is -2.24. The van der Waals surface area contributed by atoms with E-state index in [-0.39, 0.29) is 18.3 Å². The van der Waals surface area contributed by atoms with Gasteiger partial charge < -0.3 is 9.47 Å². The van der Waals surface area contributed by atoms with Gasteiger partial charge in [0, 0.05) is 16.0 Å². The molecule has 1 aliphatic rings. The lowest BCUT2D eigenvalue weighted by atomic mass is 9.97. The first kappa shape index (κ1) is 26.9. The van der Waals surface area contributed by atoms with E-state index >= 15 is 0 Å². The predicted octanol–water partition coefficient (Wildman–Crippen LogP) is 5.94. The number of esters is 1. The van der Waals surface area contributed by atoms with Crippen molar-refractivity contribution >= 4 is 51.2 Å². The molecule has 3 aromatic carbocycles.